The average molecular weight is 351 g/mol. The normalized spacial score (nSPS) is 10.5. The van der Waals surface area contributed by atoms with Crippen LogP contribution in [0.25, 0.3) is 0 Å². The molecule has 2 aromatic carbocycles. The van der Waals surface area contributed by atoms with Gasteiger partial charge in [0.1, 0.15) is 5.82 Å². The first-order chi connectivity index (χ1) is 9.79. The van der Waals surface area contributed by atoms with Gasteiger partial charge >= 0.3 is 0 Å². The van der Waals surface area contributed by atoms with E-state index in [2.05, 4.69) is 21.2 Å². The van der Waals surface area contributed by atoms with Crippen molar-refractivity contribution in [3.8, 4) is 0 Å². The third kappa shape index (κ3) is 3.24. The lowest BCUT2D eigenvalue weighted by molar-refractivity contribution is 0.102. The van der Waals surface area contributed by atoms with Gasteiger partial charge in [-0.05, 0) is 66.0 Å². The topological polar surface area (TPSA) is 55.1 Å². The summed E-state index contributed by atoms with van der Waals surface area (Å²) in [6, 6.07) is 6.54. The Kier molecular flexibility index (Phi) is 4.32. The van der Waals surface area contributed by atoms with E-state index < -0.39 is 11.7 Å². The van der Waals surface area contributed by atoms with Gasteiger partial charge in [0.05, 0.1) is 5.69 Å². The predicted molar refractivity (Wildman–Crippen MR) is 87.1 cm³/mol. The third-order valence-corrected chi connectivity index (χ3v) is 3.94. The molecule has 0 aliphatic heterocycles. The number of hydrogen-bond donors (Lipinski definition) is 2. The van der Waals surface area contributed by atoms with Crippen LogP contribution >= 0.6 is 15.9 Å². The minimum absolute atomic E-state index is 0.197. The Hall–Kier alpha value is -1.88. The van der Waals surface area contributed by atoms with E-state index in [-0.39, 0.29) is 11.3 Å². The summed E-state index contributed by atoms with van der Waals surface area (Å²) in [7, 11) is 0. The molecule has 0 bridgehead atoms. The average Bonchev–Trinajstić information content (AvgIpc) is 2.39. The molecule has 0 aromatic heterocycles. The zero-order valence-electron chi connectivity index (χ0n) is 12.1. The zero-order chi connectivity index (χ0) is 15.7. The highest BCUT2D eigenvalue weighted by Gasteiger charge is 2.14. The molecule has 21 heavy (non-hydrogen) atoms. The van der Waals surface area contributed by atoms with Crippen LogP contribution in [0.15, 0.2) is 28.7 Å². The number of hydrogen-bond acceptors (Lipinski definition) is 2. The summed E-state index contributed by atoms with van der Waals surface area (Å²) in [5.41, 5.74) is 9.19. The van der Waals surface area contributed by atoms with Crippen LogP contribution in [0.3, 0.4) is 0 Å². The van der Waals surface area contributed by atoms with Crippen molar-refractivity contribution in [3.05, 3.63) is 56.8 Å². The van der Waals surface area contributed by atoms with Crippen molar-refractivity contribution < 1.29 is 9.18 Å². The van der Waals surface area contributed by atoms with Gasteiger partial charge in [-0.1, -0.05) is 6.07 Å². The number of carbonyl (C=O) groups is 1. The van der Waals surface area contributed by atoms with Gasteiger partial charge in [-0.25, -0.2) is 4.39 Å². The number of benzene rings is 2. The molecular weight excluding hydrogens is 335 g/mol. The predicted octanol–water partition coefficient (Wildman–Crippen LogP) is 4.35. The smallest absolute Gasteiger partial charge is 0.255 e. The summed E-state index contributed by atoms with van der Waals surface area (Å²) < 4.78 is 14.5. The lowest BCUT2D eigenvalue weighted by Crippen LogP contribution is -2.14. The molecule has 2 rings (SSSR count). The molecule has 3 N–H and O–H groups in total. The highest BCUT2D eigenvalue weighted by atomic mass is 79.9. The second-order valence-corrected chi connectivity index (χ2v) is 5.92. The Morgan fingerprint density at radius 1 is 1.19 bits per heavy atom. The lowest BCUT2D eigenvalue weighted by atomic mass is 10.1. The van der Waals surface area contributed by atoms with Crippen molar-refractivity contribution in [1.29, 1.82) is 0 Å². The molecule has 0 radical (unpaired) electrons. The summed E-state index contributed by atoms with van der Waals surface area (Å²) in [4.78, 5) is 12.3. The van der Waals surface area contributed by atoms with E-state index in [4.69, 9.17) is 5.73 Å². The van der Waals surface area contributed by atoms with Gasteiger partial charge in [-0.3, -0.25) is 4.79 Å². The fourth-order valence-electron chi connectivity index (χ4n) is 2.09. The van der Waals surface area contributed by atoms with Crippen LogP contribution in [0.2, 0.25) is 0 Å². The van der Waals surface area contributed by atoms with E-state index in [1.165, 1.54) is 12.1 Å². The molecule has 5 heteroatoms. The molecule has 0 aliphatic carbocycles. The standard InChI is InChI=1S/C16H16BrFN2O/c1-8-4-9(2)15(12(17)5-8)20-16(21)11-6-13(18)10(3)14(19)7-11/h4-7H,19H2,1-3H3,(H,20,21). The Balaban J connectivity index is 2.35. The molecule has 0 unspecified atom stereocenters. The number of nitrogens with one attached hydrogen (secondary N) is 1. The molecular formula is C16H16BrFN2O. The minimum atomic E-state index is -0.486. The number of halogens is 2. The SMILES string of the molecule is Cc1cc(C)c(NC(=O)c2cc(N)c(C)c(F)c2)c(Br)c1. The van der Waals surface area contributed by atoms with Gasteiger partial charge in [-0.2, -0.15) is 0 Å². The molecule has 1 amide bonds. The number of nitrogens with two attached hydrogens (primary N) is 1. The van der Waals surface area contributed by atoms with Crippen LogP contribution in [-0.4, -0.2) is 5.91 Å². The number of rotatable bonds is 2. The fraction of sp³-hybridized carbons (Fsp3) is 0.188. The molecule has 3 nitrogen and oxygen atoms in total. The van der Waals surface area contributed by atoms with Crippen LogP contribution in [-0.2, 0) is 0 Å². The maximum absolute atomic E-state index is 13.7. The maximum Gasteiger partial charge on any atom is 0.255 e. The van der Waals surface area contributed by atoms with Crippen molar-refractivity contribution in [2.75, 3.05) is 11.1 Å². The highest BCUT2D eigenvalue weighted by molar-refractivity contribution is 9.10. The Morgan fingerprint density at radius 2 is 1.86 bits per heavy atom. The first-order valence-corrected chi connectivity index (χ1v) is 7.22. The van der Waals surface area contributed by atoms with Crippen molar-refractivity contribution >= 4 is 33.2 Å². The summed E-state index contributed by atoms with van der Waals surface area (Å²) in [5, 5.41) is 2.79. The lowest BCUT2D eigenvalue weighted by Gasteiger charge is -2.13. The van der Waals surface area contributed by atoms with Crippen LogP contribution in [0.4, 0.5) is 15.8 Å². The maximum atomic E-state index is 13.7. The Morgan fingerprint density at radius 3 is 2.43 bits per heavy atom. The monoisotopic (exact) mass is 350 g/mol. The van der Waals surface area contributed by atoms with Crippen LogP contribution in [0.1, 0.15) is 27.0 Å². The zero-order valence-corrected chi connectivity index (χ0v) is 13.6. The molecule has 0 heterocycles. The van der Waals surface area contributed by atoms with Crippen molar-refractivity contribution in [2.45, 2.75) is 20.8 Å². The van der Waals surface area contributed by atoms with Crippen LogP contribution in [0, 0.1) is 26.6 Å². The van der Waals surface area contributed by atoms with Gasteiger partial charge in [-0.15, -0.1) is 0 Å². The minimum Gasteiger partial charge on any atom is -0.398 e. The second-order valence-electron chi connectivity index (χ2n) is 5.07. The molecule has 0 saturated carbocycles. The Bertz CT molecular complexity index is 682. The number of aryl methyl sites for hydroxylation is 2. The van der Waals surface area contributed by atoms with Crippen molar-refractivity contribution in [2.24, 2.45) is 0 Å². The van der Waals surface area contributed by atoms with Gasteiger partial charge in [0.25, 0.3) is 5.91 Å². The molecule has 0 atom stereocenters. The van der Waals surface area contributed by atoms with Crippen LogP contribution < -0.4 is 11.1 Å². The molecule has 0 spiro atoms. The van der Waals surface area contributed by atoms with E-state index in [1.54, 1.807) is 6.92 Å². The molecule has 0 aliphatic rings. The van der Waals surface area contributed by atoms with Gasteiger partial charge in [0, 0.05) is 21.3 Å². The molecule has 110 valence electrons. The summed E-state index contributed by atoms with van der Waals surface area (Å²) >= 11 is 3.43. The third-order valence-electron chi connectivity index (χ3n) is 3.32. The quantitative estimate of drug-likeness (QED) is 0.791. The fourth-order valence-corrected chi connectivity index (χ4v) is 2.86. The largest absolute Gasteiger partial charge is 0.398 e. The summed E-state index contributed by atoms with van der Waals surface area (Å²) in [6.45, 7) is 5.45. The highest BCUT2D eigenvalue weighted by Crippen LogP contribution is 2.28. The Labute approximate surface area is 131 Å². The number of anilines is 2. The van der Waals surface area contributed by atoms with E-state index in [9.17, 15) is 9.18 Å². The molecule has 0 saturated heterocycles. The van der Waals surface area contributed by atoms with Gasteiger partial charge in [0.2, 0.25) is 0 Å². The number of amides is 1. The van der Waals surface area contributed by atoms with E-state index in [0.29, 0.717) is 11.3 Å². The summed E-state index contributed by atoms with van der Waals surface area (Å²) in [6.07, 6.45) is 0. The van der Waals surface area contributed by atoms with Gasteiger partial charge in [0.15, 0.2) is 0 Å². The van der Waals surface area contributed by atoms with E-state index >= 15 is 0 Å². The number of nitrogen functional groups attached to an aromatic ring is 1. The second kappa shape index (κ2) is 5.85. The van der Waals surface area contributed by atoms with E-state index in [1.807, 2.05) is 26.0 Å². The first kappa shape index (κ1) is 15.5. The van der Waals surface area contributed by atoms with E-state index in [0.717, 1.165) is 15.6 Å². The molecule has 2 aromatic rings. The number of carbonyl (C=O) groups excluding carboxylic acids is 1. The van der Waals surface area contributed by atoms with Gasteiger partial charge < -0.3 is 11.1 Å². The summed E-state index contributed by atoms with van der Waals surface area (Å²) in [5.74, 6) is -0.881. The first-order valence-electron chi connectivity index (χ1n) is 6.43. The van der Waals surface area contributed by atoms with Crippen LogP contribution in [0.5, 0.6) is 0 Å². The molecule has 0 fully saturated rings. The van der Waals surface area contributed by atoms with Crippen molar-refractivity contribution in [1.82, 2.24) is 0 Å². The van der Waals surface area contributed by atoms with Crippen molar-refractivity contribution in [3.63, 3.8) is 0 Å².